The Bertz CT molecular complexity index is 1220. The molecular weight excluding hydrogens is 475 g/mol. The average Bonchev–Trinajstić information content (AvgIpc) is 3.44. The lowest BCUT2D eigenvalue weighted by Gasteiger charge is -2.15. The van der Waals surface area contributed by atoms with E-state index in [2.05, 4.69) is 15.7 Å². The summed E-state index contributed by atoms with van der Waals surface area (Å²) < 4.78 is 30.6. The largest absolute Gasteiger partial charge is 0.493 e. The van der Waals surface area contributed by atoms with Gasteiger partial charge in [-0.2, -0.15) is 16.9 Å². The van der Waals surface area contributed by atoms with E-state index in [1.807, 2.05) is 0 Å². The lowest BCUT2D eigenvalue weighted by molar-refractivity contribution is -0.122. The lowest BCUT2D eigenvalue weighted by atomic mass is 10.1. The maximum absolute atomic E-state index is 13.2. The third-order valence-corrected chi connectivity index (χ3v) is 6.44. The zero-order chi connectivity index (χ0) is 24.9. The molecule has 0 saturated heterocycles. The van der Waals surface area contributed by atoms with Gasteiger partial charge in [0.05, 0.1) is 27.0 Å². The molecule has 11 heteroatoms. The molecule has 9 nitrogen and oxygen atoms in total. The van der Waals surface area contributed by atoms with Crippen LogP contribution >= 0.6 is 11.8 Å². The molecule has 0 fully saturated rings. The topological polar surface area (TPSA) is 104 Å². The fourth-order valence-electron chi connectivity index (χ4n) is 3.71. The molecule has 0 spiro atoms. The highest BCUT2D eigenvalue weighted by Gasteiger charge is 2.26. The number of methoxy groups -OCH3 is 3. The van der Waals surface area contributed by atoms with Gasteiger partial charge in [0.2, 0.25) is 11.7 Å². The quantitative estimate of drug-likeness (QED) is 0.464. The summed E-state index contributed by atoms with van der Waals surface area (Å²) in [6, 6.07) is 9.02. The number of aromatic nitrogens is 2. The second kappa shape index (κ2) is 10.7. The monoisotopic (exact) mass is 500 g/mol. The van der Waals surface area contributed by atoms with Crippen LogP contribution in [-0.2, 0) is 29.4 Å². The van der Waals surface area contributed by atoms with Gasteiger partial charge >= 0.3 is 0 Å². The minimum atomic E-state index is -0.406. The molecule has 0 aliphatic carbocycles. The Labute approximate surface area is 205 Å². The maximum Gasteiger partial charge on any atom is 0.257 e. The summed E-state index contributed by atoms with van der Waals surface area (Å²) in [5.41, 5.74) is 2.80. The Hall–Kier alpha value is -3.73. The number of carbonyl (C=O) groups excluding carboxylic acids is 2. The van der Waals surface area contributed by atoms with E-state index in [0.717, 1.165) is 16.8 Å². The summed E-state index contributed by atoms with van der Waals surface area (Å²) in [4.78, 5) is 25.8. The van der Waals surface area contributed by atoms with Gasteiger partial charge in [-0.05, 0) is 29.8 Å². The number of fused-ring (bicyclic) bond motifs is 1. The van der Waals surface area contributed by atoms with Crippen molar-refractivity contribution in [3.8, 4) is 17.2 Å². The highest BCUT2D eigenvalue weighted by Crippen LogP contribution is 2.39. The van der Waals surface area contributed by atoms with E-state index in [1.54, 1.807) is 36.0 Å². The fourth-order valence-corrected chi connectivity index (χ4v) is 4.74. The number of nitrogens with one attached hydrogen (secondary N) is 2. The van der Waals surface area contributed by atoms with Crippen molar-refractivity contribution in [1.82, 2.24) is 15.1 Å². The Balaban J connectivity index is 1.53. The van der Waals surface area contributed by atoms with Crippen LogP contribution in [0.2, 0.25) is 0 Å². The van der Waals surface area contributed by atoms with Crippen LogP contribution in [0, 0.1) is 5.82 Å². The van der Waals surface area contributed by atoms with Gasteiger partial charge in [0.15, 0.2) is 11.5 Å². The number of nitrogens with zero attached hydrogens (tertiary/aromatic N) is 2. The van der Waals surface area contributed by atoms with E-state index in [1.165, 1.54) is 38.1 Å². The van der Waals surface area contributed by atoms with Crippen molar-refractivity contribution in [1.29, 1.82) is 0 Å². The zero-order valence-electron chi connectivity index (χ0n) is 19.5. The van der Waals surface area contributed by atoms with Crippen molar-refractivity contribution in [2.24, 2.45) is 0 Å². The van der Waals surface area contributed by atoms with Crippen LogP contribution in [0.25, 0.3) is 0 Å². The van der Waals surface area contributed by atoms with Crippen molar-refractivity contribution in [2.45, 2.75) is 24.6 Å². The van der Waals surface area contributed by atoms with Crippen LogP contribution < -0.4 is 24.8 Å². The van der Waals surface area contributed by atoms with Crippen LogP contribution in [0.15, 0.2) is 36.4 Å². The SMILES string of the molecule is COc1cc(C(=O)Nc2c3c(nn2CC(=O)NCc2ccc(F)cc2)CSC3)cc(OC)c1OC. The minimum Gasteiger partial charge on any atom is -0.493 e. The Kier molecular flexibility index (Phi) is 7.45. The number of rotatable bonds is 9. The minimum absolute atomic E-state index is 0.0796. The molecule has 0 radical (unpaired) electrons. The zero-order valence-corrected chi connectivity index (χ0v) is 20.3. The molecule has 4 rings (SSSR count). The smallest absolute Gasteiger partial charge is 0.257 e. The first kappa shape index (κ1) is 24.4. The molecule has 2 aromatic carbocycles. The van der Waals surface area contributed by atoms with E-state index in [-0.39, 0.29) is 24.8 Å². The van der Waals surface area contributed by atoms with E-state index in [9.17, 15) is 14.0 Å². The number of thioether (sulfide) groups is 1. The molecule has 35 heavy (non-hydrogen) atoms. The third-order valence-electron chi connectivity index (χ3n) is 5.47. The molecule has 184 valence electrons. The van der Waals surface area contributed by atoms with Crippen LogP contribution in [0.5, 0.6) is 17.2 Å². The molecule has 0 atom stereocenters. The second-order valence-electron chi connectivity index (χ2n) is 7.70. The molecule has 2 N–H and O–H groups in total. The molecule has 0 saturated carbocycles. The van der Waals surface area contributed by atoms with Gasteiger partial charge in [-0.15, -0.1) is 0 Å². The highest BCUT2D eigenvalue weighted by atomic mass is 32.2. The van der Waals surface area contributed by atoms with E-state index >= 15 is 0 Å². The van der Waals surface area contributed by atoms with Crippen molar-refractivity contribution < 1.29 is 28.2 Å². The summed E-state index contributed by atoms with van der Waals surface area (Å²) in [5.74, 6) is 1.91. The molecule has 1 aliphatic heterocycles. The third kappa shape index (κ3) is 5.35. The average molecular weight is 501 g/mol. The second-order valence-corrected chi connectivity index (χ2v) is 8.68. The van der Waals surface area contributed by atoms with Gasteiger partial charge in [0.25, 0.3) is 5.91 Å². The maximum atomic E-state index is 13.2. The first-order chi connectivity index (χ1) is 16.9. The molecule has 2 amide bonds. The van der Waals surface area contributed by atoms with Crippen molar-refractivity contribution >= 4 is 29.4 Å². The fraction of sp³-hybridized carbons (Fsp3) is 0.292. The predicted octanol–water partition coefficient (Wildman–Crippen LogP) is 3.36. The number of benzene rings is 2. The van der Waals surface area contributed by atoms with E-state index in [0.29, 0.717) is 40.1 Å². The number of halogens is 1. The summed E-state index contributed by atoms with van der Waals surface area (Å²) >= 11 is 1.69. The summed E-state index contributed by atoms with van der Waals surface area (Å²) in [6.45, 7) is 0.173. The van der Waals surface area contributed by atoms with Gasteiger partial charge in [0, 0.05) is 29.2 Å². The van der Waals surface area contributed by atoms with Gasteiger partial charge < -0.3 is 24.8 Å². The number of anilines is 1. The van der Waals surface area contributed by atoms with Crippen molar-refractivity contribution in [2.75, 3.05) is 26.6 Å². The molecule has 1 aliphatic rings. The lowest BCUT2D eigenvalue weighted by Crippen LogP contribution is -2.28. The van der Waals surface area contributed by atoms with E-state index in [4.69, 9.17) is 14.2 Å². The summed E-state index contributed by atoms with van der Waals surface area (Å²) in [5, 5.41) is 10.2. The first-order valence-corrected chi connectivity index (χ1v) is 11.9. The first-order valence-electron chi connectivity index (χ1n) is 10.7. The Morgan fingerprint density at radius 1 is 1.06 bits per heavy atom. The summed E-state index contributed by atoms with van der Waals surface area (Å²) in [7, 11) is 4.44. The standard InChI is InChI=1S/C24H25FN4O5S/c1-32-19-8-15(9-20(33-2)22(19)34-3)24(31)27-23-17-12-35-13-18(17)28-29(23)11-21(30)26-10-14-4-6-16(25)7-5-14/h4-9H,10-13H2,1-3H3,(H,26,30)(H,27,31). The molecule has 2 heterocycles. The molecular formula is C24H25FN4O5S. The predicted molar refractivity (Wildman–Crippen MR) is 130 cm³/mol. The number of hydrogen-bond donors (Lipinski definition) is 2. The van der Waals surface area contributed by atoms with E-state index < -0.39 is 5.91 Å². The number of amides is 2. The molecule has 0 bridgehead atoms. The van der Waals surface area contributed by atoms with Crippen molar-refractivity contribution in [3.63, 3.8) is 0 Å². The Morgan fingerprint density at radius 2 is 1.74 bits per heavy atom. The summed E-state index contributed by atoms with van der Waals surface area (Å²) in [6.07, 6.45) is 0. The van der Waals surface area contributed by atoms with Crippen LogP contribution in [-0.4, -0.2) is 42.9 Å². The normalized spacial score (nSPS) is 12.1. The number of ether oxygens (including phenoxy) is 3. The molecule has 1 aromatic heterocycles. The van der Waals surface area contributed by atoms with Gasteiger partial charge in [-0.1, -0.05) is 12.1 Å². The molecule has 0 unspecified atom stereocenters. The van der Waals surface area contributed by atoms with Gasteiger partial charge in [0.1, 0.15) is 18.2 Å². The molecule has 3 aromatic rings. The van der Waals surface area contributed by atoms with Crippen LogP contribution in [0.3, 0.4) is 0 Å². The number of carbonyl (C=O) groups is 2. The van der Waals surface area contributed by atoms with Crippen LogP contribution in [0.1, 0.15) is 27.2 Å². The van der Waals surface area contributed by atoms with Crippen LogP contribution in [0.4, 0.5) is 10.2 Å². The van der Waals surface area contributed by atoms with Gasteiger partial charge in [-0.25, -0.2) is 9.07 Å². The van der Waals surface area contributed by atoms with Crippen molar-refractivity contribution in [3.05, 3.63) is 64.6 Å². The number of hydrogen-bond acceptors (Lipinski definition) is 7. The van der Waals surface area contributed by atoms with Gasteiger partial charge in [-0.3, -0.25) is 9.59 Å². The Morgan fingerprint density at radius 3 is 2.37 bits per heavy atom. The highest BCUT2D eigenvalue weighted by molar-refractivity contribution is 7.98.